The standard InChI is InChI=1S/C10H14F2OSi/c1-10(2,13-14)6-7-3-4-8(11)5-9(7)12/h3-5H,6H2,1-2,14H3. The van der Waals surface area contributed by atoms with E-state index in [-0.39, 0.29) is 5.60 Å². The van der Waals surface area contributed by atoms with Gasteiger partial charge in [0.05, 0.1) is 5.60 Å². The summed E-state index contributed by atoms with van der Waals surface area (Å²) in [6.45, 7) is 3.78. The van der Waals surface area contributed by atoms with Gasteiger partial charge in [0.2, 0.25) is 0 Å². The average Bonchev–Trinajstić information content (AvgIpc) is 2.10. The molecule has 0 saturated heterocycles. The largest absolute Gasteiger partial charge is 0.423 e. The van der Waals surface area contributed by atoms with E-state index in [2.05, 4.69) is 0 Å². The Morgan fingerprint density at radius 2 is 2.00 bits per heavy atom. The number of hydrogen-bond acceptors (Lipinski definition) is 1. The van der Waals surface area contributed by atoms with Crippen LogP contribution in [0.4, 0.5) is 8.78 Å². The molecular formula is C10H14F2OSi. The minimum atomic E-state index is -0.546. The SMILES string of the molecule is CC(C)(Cc1ccc(F)cc1F)O[SiH3]. The Balaban J connectivity index is 2.87. The maximum absolute atomic E-state index is 13.2. The van der Waals surface area contributed by atoms with Crippen LogP contribution in [0, 0.1) is 11.6 Å². The topological polar surface area (TPSA) is 9.23 Å². The van der Waals surface area contributed by atoms with E-state index in [0.717, 1.165) is 6.07 Å². The van der Waals surface area contributed by atoms with Crippen LogP contribution in [0.5, 0.6) is 0 Å². The first-order chi connectivity index (χ1) is 6.44. The Labute approximate surface area is 85.6 Å². The fourth-order valence-corrected chi connectivity index (χ4v) is 1.34. The highest BCUT2D eigenvalue weighted by Gasteiger charge is 2.18. The normalized spacial score (nSPS) is 12.0. The molecule has 0 saturated carbocycles. The van der Waals surface area contributed by atoms with Crippen molar-refractivity contribution >= 4 is 10.5 Å². The molecule has 1 rings (SSSR count). The van der Waals surface area contributed by atoms with Gasteiger partial charge in [-0.25, -0.2) is 8.78 Å². The molecule has 1 aromatic rings. The second kappa shape index (κ2) is 4.19. The smallest absolute Gasteiger partial charge is 0.146 e. The Bertz CT molecular complexity index is 326. The lowest BCUT2D eigenvalue weighted by Gasteiger charge is -2.23. The van der Waals surface area contributed by atoms with E-state index in [4.69, 9.17) is 4.43 Å². The van der Waals surface area contributed by atoms with Gasteiger partial charge in [-0.3, -0.25) is 0 Å². The second-order valence-electron chi connectivity index (χ2n) is 3.88. The lowest BCUT2D eigenvalue weighted by atomic mass is 9.98. The molecule has 0 N–H and O–H groups in total. The molecule has 0 aromatic heterocycles. The van der Waals surface area contributed by atoms with E-state index in [9.17, 15) is 8.78 Å². The van der Waals surface area contributed by atoms with E-state index in [1.54, 1.807) is 0 Å². The van der Waals surface area contributed by atoms with Crippen molar-refractivity contribution in [3.8, 4) is 0 Å². The predicted molar refractivity (Wildman–Crippen MR) is 55.2 cm³/mol. The molecule has 0 amide bonds. The van der Waals surface area contributed by atoms with Crippen LogP contribution in [0.15, 0.2) is 18.2 Å². The molecule has 0 aliphatic rings. The highest BCUT2D eigenvalue weighted by atomic mass is 28.2. The van der Waals surface area contributed by atoms with Crippen LogP contribution in [0.1, 0.15) is 19.4 Å². The maximum atomic E-state index is 13.2. The summed E-state index contributed by atoms with van der Waals surface area (Å²) in [6.07, 6.45) is 0.461. The Morgan fingerprint density at radius 3 is 2.50 bits per heavy atom. The van der Waals surface area contributed by atoms with Gasteiger partial charge in [-0.15, -0.1) is 0 Å². The molecule has 0 atom stereocenters. The van der Waals surface area contributed by atoms with Gasteiger partial charge < -0.3 is 4.43 Å². The molecule has 0 unspecified atom stereocenters. The molecule has 78 valence electrons. The van der Waals surface area contributed by atoms with Gasteiger partial charge in [-0.2, -0.15) is 0 Å². The highest BCUT2D eigenvalue weighted by Crippen LogP contribution is 2.18. The summed E-state index contributed by atoms with van der Waals surface area (Å²) in [5, 5.41) is 0. The lowest BCUT2D eigenvalue weighted by molar-refractivity contribution is 0.123. The van der Waals surface area contributed by atoms with Crippen LogP contribution in [-0.4, -0.2) is 16.1 Å². The van der Waals surface area contributed by atoms with E-state index in [1.165, 1.54) is 12.1 Å². The number of hydrogen-bond donors (Lipinski definition) is 0. The van der Waals surface area contributed by atoms with Crippen molar-refractivity contribution in [2.75, 3.05) is 0 Å². The van der Waals surface area contributed by atoms with Gasteiger partial charge >= 0.3 is 0 Å². The molecule has 0 aliphatic carbocycles. The van der Waals surface area contributed by atoms with E-state index in [1.807, 2.05) is 13.8 Å². The first-order valence-electron chi connectivity index (χ1n) is 4.44. The van der Waals surface area contributed by atoms with Crippen molar-refractivity contribution in [2.45, 2.75) is 25.9 Å². The Hall–Kier alpha value is -0.743. The monoisotopic (exact) mass is 216 g/mol. The third-order valence-corrected chi connectivity index (χ3v) is 3.29. The van der Waals surface area contributed by atoms with Crippen molar-refractivity contribution in [3.05, 3.63) is 35.4 Å². The van der Waals surface area contributed by atoms with Crippen LogP contribution in [0.25, 0.3) is 0 Å². The van der Waals surface area contributed by atoms with E-state index < -0.39 is 11.6 Å². The summed E-state index contributed by atoms with van der Waals surface area (Å²) >= 11 is 0. The summed E-state index contributed by atoms with van der Waals surface area (Å²) < 4.78 is 31.1. The third kappa shape index (κ3) is 2.89. The van der Waals surface area contributed by atoms with Crippen molar-refractivity contribution < 1.29 is 13.2 Å². The maximum Gasteiger partial charge on any atom is 0.146 e. The van der Waals surface area contributed by atoms with Crippen molar-refractivity contribution in [1.29, 1.82) is 0 Å². The molecule has 4 heteroatoms. The summed E-state index contributed by atoms with van der Waals surface area (Å²) in [6, 6.07) is 3.63. The number of halogens is 2. The summed E-state index contributed by atoms with van der Waals surface area (Å²) in [7, 11) is 0.608. The van der Waals surface area contributed by atoms with Gasteiger partial charge in [0.25, 0.3) is 0 Å². The van der Waals surface area contributed by atoms with Crippen LogP contribution in [0.2, 0.25) is 0 Å². The van der Waals surface area contributed by atoms with Crippen molar-refractivity contribution in [1.82, 2.24) is 0 Å². The predicted octanol–water partition coefficient (Wildman–Crippen LogP) is 1.58. The quantitative estimate of drug-likeness (QED) is 0.697. The molecular weight excluding hydrogens is 202 g/mol. The minimum Gasteiger partial charge on any atom is -0.423 e. The van der Waals surface area contributed by atoms with Crippen LogP contribution < -0.4 is 0 Å². The molecule has 1 nitrogen and oxygen atoms in total. The molecule has 0 heterocycles. The van der Waals surface area contributed by atoms with Gasteiger partial charge in [-0.1, -0.05) is 6.07 Å². The van der Waals surface area contributed by atoms with Crippen molar-refractivity contribution in [2.24, 2.45) is 0 Å². The minimum absolute atomic E-state index is 0.370. The van der Waals surface area contributed by atoms with Gasteiger partial charge in [0.15, 0.2) is 0 Å². The van der Waals surface area contributed by atoms with Gasteiger partial charge in [0, 0.05) is 12.5 Å². The van der Waals surface area contributed by atoms with Crippen molar-refractivity contribution in [3.63, 3.8) is 0 Å². The van der Waals surface area contributed by atoms with Gasteiger partial charge in [-0.05, 0) is 25.5 Å². The molecule has 14 heavy (non-hydrogen) atoms. The number of rotatable bonds is 3. The lowest BCUT2D eigenvalue weighted by Crippen LogP contribution is -2.26. The molecule has 0 aliphatic heterocycles. The number of benzene rings is 1. The van der Waals surface area contributed by atoms with Crippen LogP contribution in [-0.2, 0) is 10.8 Å². The fourth-order valence-electron chi connectivity index (χ4n) is 1.20. The summed E-state index contributed by atoms with van der Waals surface area (Å²) in [5.74, 6) is -1.05. The molecule has 0 bridgehead atoms. The first-order valence-corrected chi connectivity index (χ1v) is 5.25. The van der Waals surface area contributed by atoms with Crippen LogP contribution >= 0.6 is 0 Å². The summed E-state index contributed by atoms with van der Waals surface area (Å²) in [5.41, 5.74) is 0.123. The zero-order valence-corrected chi connectivity index (χ0v) is 10.6. The third-order valence-electron chi connectivity index (χ3n) is 2.18. The first kappa shape index (κ1) is 11.3. The van der Waals surface area contributed by atoms with E-state index in [0.29, 0.717) is 22.5 Å². The van der Waals surface area contributed by atoms with E-state index >= 15 is 0 Å². The Kier molecular flexibility index (Phi) is 3.39. The molecule has 0 fully saturated rings. The molecule has 1 aromatic carbocycles. The Morgan fingerprint density at radius 1 is 1.36 bits per heavy atom. The van der Waals surface area contributed by atoms with Crippen LogP contribution in [0.3, 0.4) is 0 Å². The zero-order chi connectivity index (χ0) is 10.8. The second-order valence-corrected chi connectivity index (χ2v) is 4.28. The highest BCUT2D eigenvalue weighted by molar-refractivity contribution is 5.98. The fraction of sp³-hybridized carbons (Fsp3) is 0.400. The summed E-state index contributed by atoms with van der Waals surface area (Å²) in [4.78, 5) is 0. The molecule has 0 radical (unpaired) electrons. The molecule has 0 spiro atoms. The average molecular weight is 216 g/mol. The zero-order valence-electron chi connectivity index (χ0n) is 8.60. The van der Waals surface area contributed by atoms with Gasteiger partial charge in [0.1, 0.15) is 22.1 Å².